The van der Waals surface area contributed by atoms with Gasteiger partial charge in [-0.05, 0) is 25.2 Å². The Kier molecular flexibility index (Phi) is 5.08. The zero-order valence-electron chi connectivity index (χ0n) is 10.1. The van der Waals surface area contributed by atoms with Crippen LogP contribution in [0.25, 0.3) is 0 Å². The van der Waals surface area contributed by atoms with Gasteiger partial charge < -0.3 is 15.0 Å². The lowest BCUT2D eigenvalue weighted by Gasteiger charge is -2.30. The van der Waals surface area contributed by atoms with E-state index < -0.39 is 5.97 Å². The van der Waals surface area contributed by atoms with Gasteiger partial charge in [0.1, 0.15) is 6.34 Å². The first-order valence-corrected chi connectivity index (χ1v) is 5.75. The molecule has 92 valence electrons. The average molecular weight is 227 g/mol. The van der Waals surface area contributed by atoms with Gasteiger partial charge in [-0.2, -0.15) is 5.10 Å². The highest BCUT2D eigenvalue weighted by atomic mass is 16.4. The molecular weight excluding hydrogens is 206 g/mol. The Morgan fingerprint density at radius 3 is 2.62 bits per heavy atom. The van der Waals surface area contributed by atoms with Crippen LogP contribution in [0.1, 0.15) is 25.7 Å². The van der Waals surface area contributed by atoms with Gasteiger partial charge in [-0.25, -0.2) is 0 Å². The molecule has 0 aromatic rings. The number of aliphatic carboxylic acids is 1. The molecule has 1 rings (SSSR count). The summed E-state index contributed by atoms with van der Waals surface area (Å²) in [5, 5.41) is 14.6. The van der Waals surface area contributed by atoms with Crippen LogP contribution in [0.4, 0.5) is 0 Å². The van der Waals surface area contributed by atoms with Crippen LogP contribution < -0.4 is 0 Å². The van der Waals surface area contributed by atoms with Crippen molar-refractivity contribution in [2.45, 2.75) is 25.7 Å². The van der Waals surface area contributed by atoms with Gasteiger partial charge in [0.05, 0.1) is 0 Å². The highest BCUT2D eigenvalue weighted by Gasteiger charge is 2.18. The first-order valence-electron chi connectivity index (χ1n) is 5.75. The Morgan fingerprint density at radius 1 is 1.50 bits per heavy atom. The molecule has 0 amide bonds. The topological polar surface area (TPSA) is 56.1 Å². The first-order chi connectivity index (χ1) is 7.58. The highest BCUT2D eigenvalue weighted by molar-refractivity contribution is 5.66. The van der Waals surface area contributed by atoms with Gasteiger partial charge >= 0.3 is 5.97 Å². The summed E-state index contributed by atoms with van der Waals surface area (Å²) in [5.41, 5.74) is 0. The number of carboxylic acids is 1. The third kappa shape index (κ3) is 5.00. The van der Waals surface area contributed by atoms with Crippen LogP contribution in [-0.4, -0.2) is 54.5 Å². The summed E-state index contributed by atoms with van der Waals surface area (Å²) in [4.78, 5) is 12.6. The van der Waals surface area contributed by atoms with E-state index in [1.54, 1.807) is 5.01 Å². The van der Waals surface area contributed by atoms with Crippen LogP contribution in [-0.2, 0) is 4.79 Å². The third-order valence-electron chi connectivity index (χ3n) is 2.86. The molecule has 0 unspecified atom stereocenters. The van der Waals surface area contributed by atoms with Crippen molar-refractivity contribution in [2.75, 3.05) is 27.2 Å². The number of rotatable bonds is 5. The maximum Gasteiger partial charge on any atom is 0.303 e. The monoisotopic (exact) mass is 227 g/mol. The number of carbonyl (C=O) groups is 1. The second-order valence-electron chi connectivity index (χ2n) is 4.49. The fourth-order valence-electron chi connectivity index (χ4n) is 1.86. The number of nitrogens with zero attached hydrogens (tertiary/aromatic N) is 3. The molecule has 1 aliphatic rings. The number of piperidine rings is 1. The normalized spacial score (nSPS) is 18.0. The number of hydrazone groups is 1. The molecule has 0 radical (unpaired) electrons. The minimum absolute atomic E-state index is 0.302. The summed E-state index contributed by atoms with van der Waals surface area (Å²) >= 11 is 0. The van der Waals surface area contributed by atoms with Gasteiger partial charge in [-0.1, -0.05) is 0 Å². The summed E-state index contributed by atoms with van der Waals surface area (Å²) < 4.78 is 0. The second-order valence-corrected chi connectivity index (χ2v) is 4.49. The lowest BCUT2D eigenvalue weighted by molar-refractivity contribution is -0.137. The fourth-order valence-corrected chi connectivity index (χ4v) is 1.86. The average Bonchev–Trinajstić information content (AvgIpc) is 2.25. The van der Waals surface area contributed by atoms with Crippen molar-refractivity contribution in [3.8, 4) is 0 Å². The maximum atomic E-state index is 10.4. The van der Waals surface area contributed by atoms with E-state index in [1.165, 1.54) is 0 Å². The zero-order chi connectivity index (χ0) is 12.0. The largest absolute Gasteiger partial charge is 0.481 e. The number of likely N-dealkylation sites (tertiary alicyclic amines) is 1. The molecule has 0 aromatic heterocycles. The molecule has 0 saturated carbocycles. The Balaban J connectivity index is 2.20. The van der Waals surface area contributed by atoms with E-state index in [9.17, 15) is 4.79 Å². The third-order valence-corrected chi connectivity index (χ3v) is 2.86. The molecule has 0 aromatic carbocycles. The SMILES string of the molecule is CN(C)N=CN1CCC(CCC(=O)O)CC1. The Morgan fingerprint density at radius 2 is 2.12 bits per heavy atom. The smallest absolute Gasteiger partial charge is 0.303 e. The minimum Gasteiger partial charge on any atom is -0.481 e. The highest BCUT2D eigenvalue weighted by Crippen LogP contribution is 2.20. The summed E-state index contributed by atoms with van der Waals surface area (Å²) in [6.07, 6.45) is 5.14. The molecule has 0 aliphatic carbocycles. The van der Waals surface area contributed by atoms with E-state index >= 15 is 0 Å². The quantitative estimate of drug-likeness (QED) is 0.433. The Labute approximate surface area is 96.7 Å². The van der Waals surface area contributed by atoms with Gasteiger partial charge in [0, 0.05) is 33.6 Å². The number of hydrogen-bond acceptors (Lipinski definition) is 3. The molecule has 1 fully saturated rings. The van der Waals surface area contributed by atoms with Crippen LogP contribution in [0.2, 0.25) is 0 Å². The molecule has 0 atom stereocenters. The van der Waals surface area contributed by atoms with Crippen molar-refractivity contribution < 1.29 is 9.90 Å². The Hall–Kier alpha value is -1.26. The zero-order valence-corrected chi connectivity index (χ0v) is 10.1. The first kappa shape index (κ1) is 12.8. The Bertz CT molecular complexity index is 246. The van der Waals surface area contributed by atoms with E-state index in [2.05, 4.69) is 10.0 Å². The molecule has 5 heteroatoms. The van der Waals surface area contributed by atoms with Crippen LogP contribution in [0.15, 0.2) is 5.10 Å². The molecule has 1 heterocycles. The molecule has 1 aliphatic heterocycles. The van der Waals surface area contributed by atoms with Crippen LogP contribution in [0.3, 0.4) is 0 Å². The molecule has 0 spiro atoms. The lowest BCUT2D eigenvalue weighted by atomic mass is 9.92. The fraction of sp³-hybridized carbons (Fsp3) is 0.818. The predicted octanol–water partition coefficient (Wildman–Crippen LogP) is 1.07. The van der Waals surface area contributed by atoms with E-state index in [1.807, 2.05) is 20.4 Å². The number of hydrogen-bond donors (Lipinski definition) is 1. The van der Waals surface area contributed by atoms with Crippen molar-refractivity contribution in [3.05, 3.63) is 0 Å². The van der Waals surface area contributed by atoms with Gasteiger partial charge in [0.25, 0.3) is 0 Å². The van der Waals surface area contributed by atoms with Crippen LogP contribution >= 0.6 is 0 Å². The van der Waals surface area contributed by atoms with Crippen molar-refractivity contribution in [3.63, 3.8) is 0 Å². The molecule has 1 N–H and O–H groups in total. The van der Waals surface area contributed by atoms with Gasteiger partial charge in [0.15, 0.2) is 0 Å². The van der Waals surface area contributed by atoms with Gasteiger partial charge in [0.2, 0.25) is 0 Å². The summed E-state index contributed by atoms with van der Waals surface area (Å²) in [6, 6.07) is 0. The van der Waals surface area contributed by atoms with Crippen LogP contribution in [0, 0.1) is 5.92 Å². The maximum absolute atomic E-state index is 10.4. The summed E-state index contributed by atoms with van der Waals surface area (Å²) in [7, 11) is 3.80. The van der Waals surface area contributed by atoms with Gasteiger partial charge in [-0.3, -0.25) is 4.79 Å². The van der Waals surface area contributed by atoms with E-state index in [-0.39, 0.29) is 0 Å². The van der Waals surface area contributed by atoms with E-state index in [0.717, 1.165) is 32.4 Å². The molecule has 0 bridgehead atoms. The summed E-state index contributed by atoms with van der Waals surface area (Å²) in [6.45, 7) is 1.98. The van der Waals surface area contributed by atoms with Gasteiger partial charge in [-0.15, -0.1) is 0 Å². The second kappa shape index (κ2) is 6.35. The minimum atomic E-state index is -0.684. The summed E-state index contributed by atoms with van der Waals surface area (Å²) in [5.74, 6) is -0.114. The van der Waals surface area contributed by atoms with E-state index in [4.69, 9.17) is 5.11 Å². The molecular formula is C11H21N3O2. The van der Waals surface area contributed by atoms with E-state index in [0.29, 0.717) is 12.3 Å². The molecule has 5 nitrogen and oxygen atoms in total. The molecule has 16 heavy (non-hydrogen) atoms. The van der Waals surface area contributed by atoms with Crippen molar-refractivity contribution in [1.29, 1.82) is 0 Å². The van der Waals surface area contributed by atoms with Crippen LogP contribution in [0.5, 0.6) is 0 Å². The van der Waals surface area contributed by atoms with Crippen molar-refractivity contribution in [2.24, 2.45) is 11.0 Å². The number of carboxylic acid groups (broad SMARTS) is 1. The van der Waals surface area contributed by atoms with Crippen molar-refractivity contribution in [1.82, 2.24) is 9.91 Å². The standard InChI is InChI=1S/C11H21N3O2/c1-13(2)12-9-14-7-5-10(6-8-14)3-4-11(15)16/h9-10H,3-8H2,1-2H3,(H,15,16). The predicted molar refractivity (Wildman–Crippen MR) is 63.3 cm³/mol. The molecule has 1 saturated heterocycles. The lowest BCUT2D eigenvalue weighted by Crippen LogP contribution is -2.33. The van der Waals surface area contributed by atoms with Crippen molar-refractivity contribution >= 4 is 12.3 Å².